The van der Waals surface area contributed by atoms with Gasteiger partial charge in [-0.3, -0.25) is 0 Å². The smallest absolute Gasteiger partial charge is 0.335 e. The first kappa shape index (κ1) is 16.1. The number of carbonyl (C=O) groups is 1. The highest BCUT2D eigenvalue weighted by atomic mass is 32.2. The van der Waals surface area contributed by atoms with Gasteiger partial charge in [0.15, 0.2) is 0 Å². The summed E-state index contributed by atoms with van der Waals surface area (Å²) < 4.78 is 25.9. The van der Waals surface area contributed by atoms with Gasteiger partial charge in [-0.25, -0.2) is 13.2 Å². The number of rotatable bonds is 5. The Morgan fingerprint density at radius 2 is 2.10 bits per heavy atom. The van der Waals surface area contributed by atoms with Crippen LogP contribution in [0.4, 0.5) is 0 Å². The van der Waals surface area contributed by atoms with Gasteiger partial charge in [-0.15, -0.1) is 0 Å². The lowest BCUT2D eigenvalue weighted by molar-refractivity contribution is 0.0696. The number of nitrogens with zero attached hydrogens (tertiary/aromatic N) is 2. The Labute approximate surface area is 118 Å². The molecule has 0 saturated carbocycles. The van der Waals surface area contributed by atoms with Crippen LogP contribution in [0.5, 0.6) is 0 Å². The van der Waals surface area contributed by atoms with Gasteiger partial charge in [-0.05, 0) is 31.5 Å². The molecule has 0 fully saturated rings. The molecule has 1 aromatic carbocycles. The normalized spacial score (nSPS) is 12.9. The third-order valence-corrected chi connectivity index (χ3v) is 4.84. The van der Waals surface area contributed by atoms with Crippen LogP contribution < -0.4 is 0 Å². The van der Waals surface area contributed by atoms with E-state index < -0.39 is 21.9 Å². The van der Waals surface area contributed by atoms with Crippen molar-refractivity contribution in [3.05, 3.63) is 29.3 Å². The molecule has 1 atom stereocenters. The Kier molecular flexibility index (Phi) is 4.87. The maximum absolute atomic E-state index is 12.4. The standard InChI is InChI=1S/C13H16N2O4S/c1-9(7-14)8-15(3)20(18,19)12-6-11(13(16)17)5-4-10(12)2/h4-6,9H,8H2,1-3H3,(H,16,17). The predicted molar refractivity (Wildman–Crippen MR) is 72.7 cm³/mol. The van der Waals surface area contributed by atoms with Gasteiger partial charge in [0.1, 0.15) is 0 Å². The minimum absolute atomic E-state index is 0.0509. The molecule has 0 spiro atoms. The van der Waals surface area contributed by atoms with E-state index in [1.54, 1.807) is 13.8 Å². The number of aromatic carboxylic acids is 1. The highest BCUT2D eigenvalue weighted by Crippen LogP contribution is 2.21. The molecule has 0 saturated heterocycles. The van der Waals surface area contributed by atoms with E-state index >= 15 is 0 Å². The number of carboxylic acid groups (broad SMARTS) is 1. The van der Waals surface area contributed by atoms with Crippen LogP contribution in [0, 0.1) is 24.2 Å². The molecule has 0 aliphatic rings. The van der Waals surface area contributed by atoms with Gasteiger partial charge in [0, 0.05) is 13.6 Å². The topological polar surface area (TPSA) is 98.5 Å². The van der Waals surface area contributed by atoms with Gasteiger partial charge < -0.3 is 5.11 Å². The maximum atomic E-state index is 12.4. The lowest BCUT2D eigenvalue weighted by Gasteiger charge is -2.19. The maximum Gasteiger partial charge on any atom is 0.335 e. The third-order valence-electron chi connectivity index (χ3n) is 2.87. The Balaban J connectivity index is 3.25. The van der Waals surface area contributed by atoms with E-state index in [0.29, 0.717) is 5.56 Å². The van der Waals surface area contributed by atoms with E-state index in [-0.39, 0.29) is 17.0 Å². The fourth-order valence-corrected chi connectivity index (χ4v) is 3.21. The Bertz CT molecular complexity index is 661. The molecule has 0 aromatic heterocycles. The summed E-state index contributed by atoms with van der Waals surface area (Å²) in [5.41, 5.74) is 0.377. The summed E-state index contributed by atoms with van der Waals surface area (Å²) in [7, 11) is -2.44. The van der Waals surface area contributed by atoms with Crippen molar-refractivity contribution < 1.29 is 18.3 Å². The number of aryl methyl sites for hydroxylation is 1. The molecule has 20 heavy (non-hydrogen) atoms. The van der Waals surface area contributed by atoms with Crippen molar-refractivity contribution in [3.63, 3.8) is 0 Å². The van der Waals surface area contributed by atoms with E-state index in [2.05, 4.69) is 0 Å². The minimum Gasteiger partial charge on any atom is -0.478 e. The van der Waals surface area contributed by atoms with Crippen molar-refractivity contribution in [3.8, 4) is 6.07 Å². The number of carboxylic acids is 1. The quantitative estimate of drug-likeness (QED) is 0.887. The zero-order valence-corrected chi connectivity index (χ0v) is 12.3. The van der Waals surface area contributed by atoms with Gasteiger partial charge in [0.2, 0.25) is 10.0 Å². The first-order valence-electron chi connectivity index (χ1n) is 5.90. The van der Waals surface area contributed by atoms with Crippen LogP contribution in [0.1, 0.15) is 22.8 Å². The van der Waals surface area contributed by atoms with E-state index in [0.717, 1.165) is 10.4 Å². The van der Waals surface area contributed by atoms with Gasteiger partial charge in [-0.2, -0.15) is 9.57 Å². The number of hydrogen-bond acceptors (Lipinski definition) is 4. The molecule has 108 valence electrons. The molecule has 0 aliphatic carbocycles. The molecular weight excluding hydrogens is 280 g/mol. The van der Waals surface area contributed by atoms with Gasteiger partial charge in [0.05, 0.1) is 22.4 Å². The van der Waals surface area contributed by atoms with Crippen LogP contribution in [0.2, 0.25) is 0 Å². The SMILES string of the molecule is Cc1ccc(C(=O)O)cc1S(=O)(=O)N(C)CC(C)C#N. The summed E-state index contributed by atoms with van der Waals surface area (Å²) in [5, 5.41) is 17.7. The molecule has 0 aliphatic heterocycles. The zero-order chi connectivity index (χ0) is 15.5. The lowest BCUT2D eigenvalue weighted by Crippen LogP contribution is -2.31. The highest BCUT2D eigenvalue weighted by Gasteiger charge is 2.25. The molecule has 1 N–H and O–H groups in total. The molecular formula is C13H16N2O4S. The number of nitriles is 1. The predicted octanol–water partition coefficient (Wildman–Crippen LogP) is 1.47. The molecule has 0 heterocycles. The van der Waals surface area contributed by atoms with Crippen molar-refractivity contribution >= 4 is 16.0 Å². The average molecular weight is 296 g/mol. The summed E-state index contributed by atoms with van der Waals surface area (Å²) in [6.07, 6.45) is 0. The highest BCUT2D eigenvalue weighted by molar-refractivity contribution is 7.89. The largest absolute Gasteiger partial charge is 0.478 e. The van der Waals surface area contributed by atoms with Crippen LogP contribution in [0.3, 0.4) is 0 Å². The molecule has 0 radical (unpaired) electrons. The number of benzene rings is 1. The van der Waals surface area contributed by atoms with Crippen LogP contribution in [-0.4, -0.2) is 37.4 Å². The van der Waals surface area contributed by atoms with Gasteiger partial charge in [-0.1, -0.05) is 6.07 Å². The van der Waals surface area contributed by atoms with Crippen molar-refractivity contribution in [2.45, 2.75) is 18.7 Å². The summed E-state index contributed by atoms with van der Waals surface area (Å²) in [4.78, 5) is 10.9. The average Bonchev–Trinajstić information content (AvgIpc) is 2.38. The van der Waals surface area contributed by atoms with Crippen molar-refractivity contribution in [1.29, 1.82) is 5.26 Å². The van der Waals surface area contributed by atoms with Crippen molar-refractivity contribution in [2.24, 2.45) is 5.92 Å². The van der Waals surface area contributed by atoms with Crippen LogP contribution >= 0.6 is 0 Å². The summed E-state index contributed by atoms with van der Waals surface area (Å²) in [6.45, 7) is 3.27. The Hall–Kier alpha value is -1.91. The Morgan fingerprint density at radius 1 is 1.50 bits per heavy atom. The fourth-order valence-electron chi connectivity index (χ4n) is 1.70. The lowest BCUT2D eigenvalue weighted by atomic mass is 10.1. The van der Waals surface area contributed by atoms with Gasteiger partial charge in [0.25, 0.3) is 0 Å². The molecule has 0 amide bonds. The summed E-state index contributed by atoms with van der Waals surface area (Å²) >= 11 is 0. The second kappa shape index (κ2) is 6.03. The second-order valence-electron chi connectivity index (χ2n) is 4.60. The molecule has 1 rings (SSSR count). The van der Waals surface area contributed by atoms with E-state index in [1.165, 1.54) is 19.2 Å². The zero-order valence-electron chi connectivity index (χ0n) is 11.5. The fraction of sp³-hybridized carbons (Fsp3) is 0.385. The van der Waals surface area contributed by atoms with Crippen LogP contribution in [-0.2, 0) is 10.0 Å². The number of hydrogen-bond donors (Lipinski definition) is 1. The molecule has 7 heteroatoms. The summed E-state index contributed by atoms with van der Waals surface area (Å²) in [5.74, 6) is -1.63. The van der Waals surface area contributed by atoms with E-state index in [9.17, 15) is 13.2 Å². The van der Waals surface area contributed by atoms with E-state index in [1.807, 2.05) is 6.07 Å². The minimum atomic E-state index is -3.81. The van der Waals surface area contributed by atoms with E-state index in [4.69, 9.17) is 10.4 Å². The van der Waals surface area contributed by atoms with Crippen molar-refractivity contribution in [1.82, 2.24) is 4.31 Å². The Morgan fingerprint density at radius 3 is 2.60 bits per heavy atom. The third kappa shape index (κ3) is 3.35. The monoisotopic (exact) mass is 296 g/mol. The molecule has 0 bridgehead atoms. The summed E-state index contributed by atoms with van der Waals surface area (Å²) in [6, 6.07) is 5.91. The van der Waals surface area contributed by atoms with Crippen LogP contribution in [0.15, 0.2) is 23.1 Å². The molecule has 1 unspecified atom stereocenters. The van der Waals surface area contributed by atoms with Crippen LogP contribution in [0.25, 0.3) is 0 Å². The van der Waals surface area contributed by atoms with Crippen molar-refractivity contribution in [2.75, 3.05) is 13.6 Å². The first-order chi connectivity index (χ1) is 9.20. The van der Waals surface area contributed by atoms with Gasteiger partial charge >= 0.3 is 5.97 Å². The number of sulfonamides is 1. The molecule has 6 nitrogen and oxygen atoms in total. The molecule has 1 aromatic rings. The first-order valence-corrected chi connectivity index (χ1v) is 7.34. The second-order valence-corrected chi connectivity index (χ2v) is 6.61.